The van der Waals surface area contributed by atoms with Crippen LogP contribution in [0.1, 0.15) is 0 Å². The highest BCUT2D eigenvalue weighted by Crippen LogP contribution is 2.34. The van der Waals surface area contributed by atoms with E-state index in [0.29, 0.717) is 6.54 Å². The van der Waals surface area contributed by atoms with E-state index in [4.69, 9.17) is 23.2 Å². The Bertz CT molecular complexity index is 757. The molecule has 0 aliphatic carbocycles. The molecule has 118 valence electrons. The summed E-state index contributed by atoms with van der Waals surface area (Å²) in [5, 5.41) is 13.7. The standard InChI is InChI=1S/C14H16Cl2N4O2/c15-9-7-10(16)13(21)12-11(9)14(22)20(8-18-12)6-5-19-3-1-17-2-4-19/h7-8,17,21H,1-6H2. The highest BCUT2D eigenvalue weighted by Gasteiger charge is 2.16. The van der Waals surface area contributed by atoms with Crippen molar-refractivity contribution in [3.8, 4) is 5.75 Å². The molecule has 1 aromatic heterocycles. The first-order chi connectivity index (χ1) is 10.6. The maximum Gasteiger partial charge on any atom is 0.262 e. The third kappa shape index (κ3) is 2.92. The van der Waals surface area contributed by atoms with Gasteiger partial charge in [-0.3, -0.25) is 14.3 Å². The summed E-state index contributed by atoms with van der Waals surface area (Å²) in [5.74, 6) is -0.215. The third-order valence-electron chi connectivity index (χ3n) is 3.85. The molecule has 0 amide bonds. The van der Waals surface area contributed by atoms with Crippen molar-refractivity contribution in [2.45, 2.75) is 6.54 Å². The van der Waals surface area contributed by atoms with E-state index < -0.39 is 0 Å². The van der Waals surface area contributed by atoms with Gasteiger partial charge in [-0.1, -0.05) is 23.2 Å². The Morgan fingerprint density at radius 2 is 1.95 bits per heavy atom. The van der Waals surface area contributed by atoms with Gasteiger partial charge >= 0.3 is 0 Å². The number of nitrogens with zero attached hydrogens (tertiary/aromatic N) is 3. The van der Waals surface area contributed by atoms with E-state index in [1.54, 1.807) is 0 Å². The van der Waals surface area contributed by atoms with Crippen LogP contribution >= 0.6 is 23.2 Å². The number of halogens is 2. The Morgan fingerprint density at radius 1 is 1.23 bits per heavy atom. The largest absolute Gasteiger partial charge is 0.504 e. The monoisotopic (exact) mass is 342 g/mol. The van der Waals surface area contributed by atoms with Crippen LogP contribution in [0.25, 0.3) is 10.9 Å². The molecule has 1 aliphatic rings. The number of nitrogens with one attached hydrogen (secondary N) is 1. The van der Waals surface area contributed by atoms with Gasteiger partial charge in [-0.15, -0.1) is 0 Å². The van der Waals surface area contributed by atoms with Crippen LogP contribution in [0.5, 0.6) is 5.75 Å². The van der Waals surface area contributed by atoms with E-state index >= 15 is 0 Å². The van der Waals surface area contributed by atoms with Gasteiger partial charge in [0.1, 0.15) is 5.52 Å². The minimum absolute atomic E-state index is 0.0861. The van der Waals surface area contributed by atoms with Crippen molar-refractivity contribution in [1.82, 2.24) is 19.8 Å². The van der Waals surface area contributed by atoms with Crippen molar-refractivity contribution in [2.24, 2.45) is 0 Å². The van der Waals surface area contributed by atoms with Gasteiger partial charge in [0.25, 0.3) is 5.56 Å². The summed E-state index contributed by atoms with van der Waals surface area (Å²) in [4.78, 5) is 19.0. The first-order valence-electron chi connectivity index (χ1n) is 7.07. The summed E-state index contributed by atoms with van der Waals surface area (Å²) in [7, 11) is 0. The predicted octanol–water partition coefficient (Wildman–Crippen LogP) is 1.31. The fraction of sp³-hybridized carbons (Fsp3) is 0.429. The molecule has 0 unspecified atom stereocenters. The van der Waals surface area contributed by atoms with Gasteiger partial charge in [-0.25, -0.2) is 4.98 Å². The van der Waals surface area contributed by atoms with Gasteiger partial charge in [0.2, 0.25) is 0 Å². The van der Waals surface area contributed by atoms with Gasteiger partial charge in [-0.05, 0) is 6.07 Å². The highest BCUT2D eigenvalue weighted by atomic mass is 35.5. The molecule has 2 N–H and O–H groups in total. The first-order valence-corrected chi connectivity index (χ1v) is 7.82. The van der Waals surface area contributed by atoms with Crippen LogP contribution in [-0.2, 0) is 6.54 Å². The molecule has 0 saturated carbocycles. The zero-order valence-corrected chi connectivity index (χ0v) is 13.4. The number of hydrogen-bond acceptors (Lipinski definition) is 5. The molecular formula is C14H16Cl2N4O2. The molecule has 1 aromatic carbocycles. The fourth-order valence-electron chi connectivity index (χ4n) is 2.59. The molecule has 1 aliphatic heterocycles. The number of phenolic OH excluding ortho intramolecular Hbond substituents is 1. The zero-order chi connectivity index (χ0) is 15.7. The summed E-state index contributed by atoms with van der Waals surface area (Å²) in [6.07, 6.45) is 1.43. The number of phenols is 1. The molecule has 8 heteroatoms. The summed E-state index contributed by atoms with van der Waals surface area (Å²) in [6, 6.07) is 1.37. The Kier molecular flexibility index (Phi) is 4.54. The normalized spacial score (nSPS) is 16.3. The van der Waals surface area contributed by atoms with Crippen molar-refractivity contribution in [2.75, 3.05) is 32.7 Å². The van der Waals surface area contributed by atoms with Crippen LogP contribution in [-0.4, -0.2) is 52.3 Å². The number of benzene rings is 1. The lowest BCUT2D eigenvalue weighted by molar-refractivity contribution is 0.231. The number of fused-ring (bicyclic) bond motifs is 1. The third-order valence-corrected chi connectivity index (χ3v) is 4.43. The maximum absolute atomic E-state index is 12.5. The van der Waals surface area contributed by atoms with E-state index in [-0.39, 0.29) is 32.3 Å². The van der Waals surface area contributed by atoms with Crippen molar-refractivity contribution >= 4 is 34.1 Å². The molecule has 6 nitrogen and oxygen atoms in total. The van der Waals surface area contributed by atoms with Gasteiger partial charge < -0.3 is 10.4 Å². The minimum Gasteiger partial charge on any atom is -0.504 e. The maximum atomic E-state index is 12.5. The second-order valence-electron chi connectivity index (χ2n) is 5.25. The highest BCUT2D eigenvalue weighted by molar-refractivity contribution is 6.39. The van der Waals surface area contributed by atoms with Crippen molar-refractivity contribution in [3.63, 3.8) is 0 Å². The van der Waals surface area contributed by atoms with Gasteiger partial charge in [-0.2, -0.15) is 0 Å². The molecule has 0 atom stereocenters. The lowest BCUT2D eigenvalue weighted by Crippen LogP contribution is -2.45. The Balaban J connectivity index is 1.91. The Hall–Kier alpha value is -1.34. The van der Waals surface area contributed by atoms with Crippen LogP contribution in [0, 0.1) is 0 Å². The van der Waals surface area contributed by atoms with Crippen LogP contribution in [0.3, 0.4) is 0 Å². The summed E-state index contributed by atoms with van der Waals surface area (Å²) in [5.41, 5.74) is -0.127. The van der Waals surface area contributed by atoms with Crippen LogP contribution in [0.15, 0.2) is 17.2 Å². The molecule has 0 spiro atoms. The molecule has 0 bridgehead atoms. The molecular weight excluding hydrogens is 327 g/mol. The molecule has 0 radical (unpaired) electrons. The van der Waals surface area contributed by atoms with Crippen molar-refractivity contribution in [3.05, 3.63) is 32.8 Å². The molecule has 2 aromatic rings. The van der Waals surface area contributed by atoms with Crippen molar-refractivity contribution < 1.29 is 5.11 Å². The topological polar surface area (TPSA) is 70.4 Å². The zero-order valence-electron chi connectivity index (χ0n) is 11.9. The second-order valence-corrected chi connectivity index (χ2v) is 6.06. The Morgan fingerprint density at radius 3 is 2.68 bits per heavy atom. The molecule has 2 heterocycles. The molecule has 3 rings (SSSR count). The second kappa shape index (κ2) is 6.42. The van der Waals surface area contributed by atoms with E-state index in [1.165, 1.54) is 17.0 Å². The predicted molar refractivity (Wildman–Crippen MR) is 87.0 cm³/mol. The summed E-state index contributed by atoms with van der Waals surface area (Å²) >= 11 is 11.9. The Labute approximate surface area is 137 Å². The number of hydrogen-bond donors (Lipinski definition) is 2. The van der Waals surface area contributed by atoms with E-state index in [9.17, 15) is 9.90 Å². The SMILES string of the molecule is O=c1c2c(Cl)cc(Cl)c(O)c2ncn1CCN1CCNCC1. The molecule has 22 heavy (non-hydrogen) atoms. The van der Waals surface area contributed by atoms with Gasteiger partial charge in [0.05, 0.1) is 21.8 Å². The molecule has 1 saturated heterocycles. The van der Waals surface area contributed by atoms with Crippen LogP contribution in [0.4, 0.5) is 0 Å². The summed E-state index contributed by atoms with van der Waals surface area (Å²) < 4.78 is 1.52. The fourth-order valence-corrected chi connectivity index (χ4v) is 3.13. The average molecular weight is 343 g/mol. The van der Waals surface area contributed by atoms with Crippen molar-refractivity contribution in [1.29, 1.82) is 0 Å². The number of aromatic nitrogens is 2. The van der Waals surface area contributed by atoms with E-state index in [2.05, 4.69) is 15.2 Å². The van der Waals surface area contributed by atoms with E-state index in [1.807, 2.05) is 0 Å². The molecule has 1 fully saturated rings. The van der Waals surface area contributed by atoms with Crippen LogP contribution in [0.2, 0.25) is 10.0 Å². The lowest BCUT2D eigenvalue weighted by Gasteiger charge is -2.27. The average Bonchev–Trinajstić information content (AvgIpc) is 2.52. The number of piperazine rings is 1. The van der Waals surface area contributed by atoms with Crippen LogP contribution < -0.4 is 10.9 Å². The lowest BCUT2D eigenvalue weighted by atomic mass is 10.2. The number of rotatable bonds is 3. The van der Waals surface area contributed by atoms with Gasteiger partial charge in [0, 0.05) is 39.3 Å². The van der Waals surface area contributed by atoms with E-state index in [0.717, 1.165) is 32.7 Å². The van der Waals surface area contributed by atoms with Gasteiger partial charge in [0.15, 0.2) is 5.75 Å². The first kappa shape index (κ1) is 15.6. The summed E-state index contributed by atoms with van der Waals surface area (Å²) in [6.45, 7) is 5.15. The minimum atomic E-state index is -0.267. The smallest absolute Gasteiger partial charge is 0.262 e. The quantitative estimate of drug-likeness (QED) is 0.880. The number of aromatic hydroxyl groups is 1.